The van der Waals surface area contributed by atoms with Crippen molar-refractivity contribution in [3.05, 3.63) is 64.8 Å². The van der Waals surface area contributed by atoms with E-state index < -0.39 is 0 Å². The van der Waals surface area contributed by atoms with Gasteiger partial charge in [0.15, 0.2) is 11.6 Å². The van der Waals surface area contributed by atoms with Crippen LogP contribution in [0.3, 0.4) is 0 Å². The molecule has 162 valence electrons. The molecule has 1 saturated heterocycles. The summed E-state index contributed by atoms with van der Waals surface area (Å²) in [5.41, 5.74) is 1.77. The molecule has 0 aliphatic carbocycles. The number of rotatable bonds is 4. The highest BCUT2D eigenvalue weighted by Crippen LogP contribution is 2.28. The van der Waals surface area contributed by atoms with E-state index in [1.54, 1.807) is 24.7 Å². The second-order valence-electron chi connectivity index (χ2n) is 7.79. The lowest BCUT2D eigenvalue weighted by Gasteiger charge is -2.32. The Balaban J connectivity index is 1.46. The molecule has 1 aromatic carbocycles. The number of fused-ring (bicyclic) bond motifs is 1. The van der Waals surface area contributed by atoms with Crippen molar-refractivity contribution in [3.8, 4) is 17.0 Å². The van der Waals surface area contributed by atoms with Crippen LogP contribution >= 0.6 is 0 Å². The minimum Gasteiger partial charge on any atom is -0.494 e. The normalized spacial score (nSPS) is 15.1. The summed E-state index contributed by atoms with van der Waals surface area (Å²) in [5.74, 6) is 0.976. The molecule has 0 radical (unpaired) electrons. The number of hydrogen-bond donors (Lipinski definition) is 2. The van der Waals surface area contributed by atoms with Gasteiger partial charge in [-0.2, -0.15) is 0 Å². The minimum absolute atomic E-state index is 0.252. The van der Waals surface area contributed by atoms with E-state index in [-0.39, 0.29) is 11.4 Å². The molecule has 5 rings (SSSR count). The van der Waals surface area contributed by atoms with Gasteiger partial charge in [0.25, 0.3) is 5.56 Å². The number of aromatic hydroxyl groups is 1. The van der Waals surface area contributed by atoms with E-state index >= 15 is 0 Å². The van der Waals surface area contributed by atoms with Gasteiger partial charge in [-0.05, 0) is 42.9 Å². The van der Waals surface area contributed by atoms with Crippen LogP contribution in [0.2, 0.25) is 0 Å². The predicted octanol–water partition coefficient (Wildman–Crippen LogP) is 2.79. The molecule has 9 heteroatoms. The van der Waals surface area contributed by atoms with Crippen LogP contribution in [0.15, 0.2) is 63.1 Å². The third-order valence-corrected chi connectivity index (χ3v) is 5.69. The third kappa shape index (κ3) is 3.85. The molecule has 9 nitrogen and oxygen atoms in total. The summed E-state index contributed by atoms with van der Waals surface area (Å²) in [6.07, 6.45) is 4.70. The molecule has 0 amide bonds. The molecule has 4 heterocycles. The molecule has 1 fully saturated rings. The summed E-state index contributed by atoms with van der Waals surface area (Å²) in [7, 11) is 2.11. The molecule has 32 heavy (non-hydrogen) atoms. The zero-order valence-corrected chi connectivity index (χ0v) is 17.5. The number of hydrogen-bond acceptors (Lipinski definition) is 8. The number of likely N-dealkylation sites (N-methyl/N-ethyl adjacent to an activating group) is 1. The zero-order valence-electron chi connectivity index (χ0n) is 17.5. The monoisotopic (exact) mass is 430 g/mol. The Labute approximate surface area is 183 Å². The first kappa shape index (κ1) is 20.0. The number of aliphatic imine (C=N–C) groups is 1. The van der Waals surface area contributed by atoms with Crippen molar-refractivity contribution in [2.45, 2.75) is 0 Å². The summed E-state index contributed by atoms with van der Waals surface area (Å²) < 4.78 is 5.16. The molecule has 0 unspecified atom stereocenters. The van der Waals surface area contributed by atoms with Gasteiger partial charge in [0.1, 0.15) is 0 Å². The summed E-state index contributed by atoms with van der Waals surface area (Å²) in [6.45, 7) is 3.79. The van der Waals surface area contributed by atoms with E-state index in [0.717, 1.165) is 43.1 Å². The van der Waals surface area contributed by atoms with Crippen molar-refractivity contribution >= 4 is 28.6 Å². The van der Waals surface area contributed by atoms with Crippen LogP contribution in [-0.2, 0) is 0 Å². The van der Waals surface area contributed by atoms with Gasteiger partial charge in [-0.3, -0.25) is 9.78 Å². The quantitative estimate of drug-likeness (QED) is 0.479. The number of nitrogens with zero attached hydrogens (tertiary/aromatic N) is 5. The predicted molar refractivity (Wildman–Crippen MR) is 123 cm³/mol. The molecular weight excluding hydrogens is 408 g/mol. The lowest BCUT2D eigenvalue weighted by Crippen LogP contribution is -2.44. The number of nitrogens with one attached hydrogen (secondary N) is 1. The number of furan rings is 1. The van der Waals surface area contributed by atoms with Crippen LogP contribution in [0.25, 0.3) is 21.9 Å². The van der Waals surface area contributed by atoms with E-state index in [1.807, 2.05) is 24.3 Å². The molecule has 0 saturated carbocycles. The van der Waals surface area contributed by atoms with Gasteiger partial charge in [-0.1, -0.05) is 6.07 Å². The first-order valence-electron chi connectivity index (χ1n) is 10.3. The molecule has 0 atom stereocenters. The van der Waals surface area contributed by atoms with Gasteiger partial charge in [-0.25, -0.2) is 4.99 Å². The standard InChI is InChI=1S/C23H22N6O3/c1-28-7-9-29(10-8-28)21-5-4-20(26-27-21)24-13-19-18-12-15(16-6-11-32-14-16)2-3-17(18)22(30)25-23(19)31/h2-6,11-14H,7-10H2,1H3,(H2,25,30,31). The van der Waals surface area contributed by atoms with Crippen molar-refractivity contribution in [1.29, 1.82) is 0 Å². The number of aromatic nitrogens is 3. The maximum Gasteiger partial charge on any atom is 0.258 e. The van der Waals surface area contributed by atoms with Crippen LogP contribution in [0.1, 0.15) is 5.56 Å². The molecule has 1 aliphatic heterocycles. The Bertz CT molecular complexity index is 1320. The number of piperazine rings is 1. The van der Waals surface area contributed by atoms with Gasteiger partial charge in [-0.15, -0.1) is 10.2 Å². The van der Waals surface area contributed by atoms with Crippen molar-refractivity contribution in [2.75, 3.05) is 38.1 Å². The smallest absolute Gasteiger partial charge is 0.258 e. The van der Waals surface area contributed by atoms with Gasteiger partial charge < -0.3 is 19.3 Å². The summed E-state index contributed by atoms with van der Waals surface area (Å²) in [6, 6.07) is 10.9. The van der Waals surface area contributed by atoms with Crippen LogP contribution in [0, 0.1) is 0 Å². The number of benzene rings is 1. The molecule has 0 spiro atoms. The van der Waals surface area contributed by atoms with Crippen molar-refractivity contribution in [1.82, 2.24) is 20.1 Å². The first-order chi connectivity index (χ1) is 15.6. The SMILES string of the molecule is CN1CCN(c2ccc(N=Cc3c(O)[nH]c(=O)c4ccc(-c5ccoc5)cc34)nn2)CC1. The van der Waals surface area contributed by atoms with E-state index in [9.17, 15) is 9.90 Å². The maximum absolute atomic E-state index is 12.3. The van der Waals surface area contributed by atoms with Crippen LogP contribution < -0.4 is 10.5 Å². The second kappa shape index (κ2) is 8.27. The second-order valence-corrected chi connectivity index (χ2v) is 7.79. The Morgan fingerprint density at radius 3 is 2.62 bits per heavy atom. The third-order valence-electron chi connectivity index (χ3n) is 5.69. The summed E-state index contributed by atoms with van der Waals surface area (Å²) >= 11 is 0. The van der Waals surface area contributed by atoms with Crippen LogP contribution in [0.4, 0.5) is 11.6 Å². The Hall–Kier alpha value is -3.98. The molecule has 2 N–H and O–H groups in total. The van der Waals surface area contributed by atoms with Crippen LogP contribution in [-0.4, -0.2) is 64.6 Å². The Morgan fingerprint density at radius 2 is 1.91 bits per heavy atom. The van der Waals surface area contributed by atoms with Crippen molar-refractivity contribution in [2.24, 2.45) is 4.99 Å². The van der Waals surface area contributed by atoms with Crippen molar-refractivity contribution in [3.63, 3.8) is 0 Å². The van der Waals surface area contributed by atoms with Gasteiger partial charge in [0.05, 0.1) is 18.1 Å². The van der Waals surface area contributed by atoms with E-state index in [0.29, 0.717) is 22.2 Å². The lowest BCUT2D eigenvalue weighted by molar-refractivity contribution is 0.312. The lowest BCUT2D eigenvalue weighted by atomic mass is 10.0. The first-order valence-corrected chi connectivity index (χ1v) is 10.3. The fourth-order valence-corrected chi connectivity index (χ4v) is 3.80. The average molecular weight is 430 g/mol. The largest absolute Gasteiger partial charge is 0.494 e. The van der Waals surface area contributed by atoms with E-state index in [2.05, 4.69) is 37.0 Å². The zero-order chi connectivity index (χ0) is 22.1. The topological polar surface area (TPSA) is 111 Å². The maximum atomic E-state index is 12.3. The summed E-state index contributed by atoms with van der Waals surface area (Å²) in [5, 5.41) is 19.9. The molecule has 1 aliphatic rings. The fourth-order valence-electron chi connectivity index (χ4n) is 3.80. The van der Waals surface area contributed by atoms with Crippen molar-refractivity contribution < 1.29 is 9.52 Å². The Kier molecular flexibility index (Phi) is 5.16. The highest BCUT2D eigenvalue weighted by Gasteiger charge is 2.16. The van der Waals surface area contributed by atoms with Gasteiger partial charge in [0, 0.05) is 48.7 Å². The van der Waals surface area contributed by atoms with Gasteiger partial charge in [0.2, 0.25) is 5.88 Å². The molecule has 4 aromatic rings. The number of anilines is 1. The number of aromatic amines is 1. The summed E-state index contributed by atoms with van der Waals surface area (Å²) in [4.78, 5) is 23.6. The average Bonchev–Trinajstić information content (AvgIpc) is 3.35. The van der Waals surface area contributed by atoms with Gasteiger partial charge >= 0.3 is 0 Å². The van der Waals surface area contributed by atoms with E-state index in [4.69, 9.17) is 4.42 Å². The molecular formula is C23H22N6O3. The Morgan fingerprint density at radius 1 is 1.06 bits per heavy atom. The number of pyridine rings is 1. The molecule has 3 aromatic heterocycles. The number of H-pyrrole nitrogens is 1. The van der Waals surface area contributed by atoms with E-state index in [1.165, 1.54) is 6.21 Å². The van der Waals surface area contributed by atoms with Crippen LogP contribution in [0.5, 0.6) is 5.88 Å². The molecule has 0 bridgehead atoms. The minimum atomic E-state index is -0.371. The fraction of sp³-hybridized carbons (Fsp3) is 0.217. The highest BCUT2D eigenvalue weighted by atomic mass is 16.3. The highest BCUT2D eigenvalue weighted by molar-refractivity contribution is 6.03.